The fourth-order valence-electron chi connectivity index (χ4n) is 0.914. The number of sulfonamides is 1. The smallest absolute Gasteiger partial charge is 0.210 e. The average Bonchev–Trinajstić information content (AvgIpc) is 2.65. The first-order valence-corrected chi connectivity index (χ1v) is 7.74. The molecule has 80 valence electrons. The third-order valence-corrected chi connectivity index (χ3v) is 5.03. The normalized spacial score (nSPS) is 11.8. The Labute approximate surface area is 96.7 Å². The van der Waals surface area contributed by atoms with Crippen LogP contribution in [0.15, 0.2) is 21.7 Å². The maximum atomic E-state index is 11.5. The lowest BCUT2D eigenvalue weighted by atomic mass is 10.3. The van der Waals surface area contributed by atoms with Crippen molar-refractivity contribution in [2.24, 2.45) is 0 Å². The van der Waals surface area contributed by atoms with E-state index >= 15 is 0 Å². The van der Waals surface area contributed by atoms with Crippen LogP contribution < -0.4 is 4.72 Å². The highest BCUT2D eigenvalue weighted by molar-refractivity contribution is 9.09. The lowest BCUT2D eigenvalue weighted by Gasteiger charge is -2.02. The molecule has 1 N–H and O–H groups in total. The van der Waals surface area contributed by atoms with Crippen LogP contribution in [0.3, 0.4) is 0 Å². The standard InChI is InChI=1S/C8H12BrNO2S2/c9-5-1-2-6-10-14(11,12)8-4-3-7-13-8/h3-4,7,10H,1-2,5-6H2. The summed E-state index contributed by atoms with van der Waals surface area (Å²) >= 11 is 4.53. The molecule has 1 rings (SSSR count). The molecule has 0 bridgehead atoms. The van der Waals surface area contributed by atoms with Gasteiger partial charge in [0.15, 0.2) is 0 Å². The van der Waals surface area contributed by atoms with Crippen LogP contribution in [0.4, 0.5) is 0 Å². The van der Waals surface area contributed by atoms with Gasteiger partial charge in [-0.3, -0.25) is 0 Å². The van der Waals surface area contributed by atoms with Gasteiger partial charge in [0.1, 0.15) is 4.21 Å². The first-order valence-electron chi connectivity index (χ1n) is 4.26. The molecule has 0 radical (unpaired) electrons. The van der Waals surface area contributed by atoms with Gasteiger partial charge in [-0.05, 0) is 24.3 Å². The second-order valence-corrected chi connectivity index (χ2v) is 6.46. The molecule has 1 aromatic rings. The van der Waals surface area contributed by atoms with E-state index in [-0.39, 0.29) is 0 Å². The lowest BCUT2D eigenvalue weighted by molar-refractivity contribution is 0.581. The van der Waals surface area contributed by atoms with Crippen LogP contribution >= 0.6 is 27.3 Å². The summed E-state index contributed by atoms with van der Waals surface area (Å²) in [7, 11) is -3.24. The number of hydrogen-bond donors (Lipinski definition) is 1. The number of unbranched alkanes of at least 4 members (excludes halogenated alkanes) is 1. The highest BCUT2D eigenvalue weighted by Gasteiger charge is 2.13. The Kier molecular flexibility index (Phi) is 5.08. The Morgan fingerprint density at radius 3 is 2.79 bits per heavy atom. The van der Waals surface area contributed by atoms with E-state index in [1.54, 1.807) is 17.5 Å². The van der Waals surface area contributed by atoms with Gasteiger partial charge >= 0.3 is 0 Å². The van der Waals surface area contributed by atoms with E-state index in [9.17, 15) is 8.42 Å². The van der Waals surface area contributed by atoms with Gasteiger partial charge in [0, 0.05) is 11.9 Å². The Morgan fingerprint density at radius 1 is 1.43 bits per heavy atom. The second-order valence-electron chi connectivity index (χ2n) is 2.73. The molecule has 0 fully saturated rings. The quantitative estimate of drug-likeness (QED) is 0.646. The number of halogens is 1. The van der Waals surface area contributed by atoms with Crippen LogP contribution in [0.1, 0.15) is 12.8 Å². The zero-order valence-corrected chi connectivity index (χ0v) is 10.8. The third-order valence-electron chi connectivity index (χ3n) is 1.61. The molecule has 0 saturated carbocycles. The van der Waals surface area contributed by atoms with Crippen LogP contribution in [0.25, 0.3) is 0 Å². The van der Waals surface area contributed by atoms with E-state index in [4.69, 9.17) is 0 Å². The molecule has 0 aliphatic heterocycles. The first kappa shape index (κ1) is 12.2. The highest BCUT2D eigenvalue weighted by atomic mass is 79.9. The van der Waals surface area contributed by atoms with E-state index < -0.39 is 10.0 Å². The number of alkyl halides is 1. The Morgan fingerprint density at radius 2 is 2.21 bits per heavy atom. The van der Waals surface area contributed by atoms with Crippen molar-refractivity contribution in [2.45, 2.75) is 17.1 Å². The van der Waals surface area contributed by atoms with Gasteiger partial charge in [-0.15, -0.1) is 11.3 Å². The molecule has 3 nitrogen and oxygen atoms in total. The van der Waals surface area contributed by atoms with E-state index in [0.29, 0.717) is 10.8 Å². The number of rotatable bonds is 6. The molecular weight excluding hydrogens is 286 g/mol. The molecule has 0 aliphatic carbocycles. The fraction of sp³-hybridized carbons (Fsp3) is 0.500. The van der Waals surface area contributed by atoms with Crippen LogP contribution in [0.5, 0.6) is 0 Å². The minimum Gasteiger partial charge on any atom is -0.210 e. The van der Waals surface area contributed by atoms with E-state index in [1.165, 1.54) is 11.3 Å². The van der Waals surface area contributed by atoms with Crippen molar-refractivity contribution in [1.82, 2.24) is 4.72 Å². The first-order chi connectivity index (χ1) is 6.67. The molecule has 0 amide bonds. The average molecular weight is 298 g/mol. The molecule has 1 heterocycles. The zero-order valence-electron chi connectivity index (χ0n) is 7.57. The summed E-state index contributed by atoms with van der Waals surface area (Å²) in [4.78, 5) is 0. The molecule has 0 saturated heterocycles. The van der Waals surface area contributed by atoms with Crippen molar-refractivity contribution in [2.75, 3.05) is 11.9 Å². The molecule has 1 aromatic heterocycles. The number of nitrogens with one attached hydrogen (secondary N) is 1. The molecule has 0 spiro atoms. The molecule has 6 heteroatoms. The third kappa shape index (κ3) is 3.68. The molecule has 0 atom stereocenters. The molecule has 14 heavy (non-hydrogen) atoms. The topological polar surface area (TPSA) is 46.2 Å². The van der Waals surface area contributed by atoms with Crippen molar-refractivity contribution in [1.29, 1.82) is 0 Å². The number of hydrogen-bond acceptors (Lipinski definition) is 3. The number of thiophene rings is 1. The maximum Gasteiger partial charge on any atom is 0.250 e. The van der Waals surface area contributed by atoms with Crippen LogP contribution in [0, 0.1) is 0 Å². The summed E-state index contributed by atoms with van der Waals surface area (Å²) in [6, 6.07) is 3.34. The monoisotopic (exact) mass is 297 g/mol. The summed E-state index contributed by atoms with van der Waals surface area (Å²) in [6.45, 7) is 0.506. The summed E-state index contributed by atoms with van der Waals surface area (Å²) in [5.74, 6) is 0. The van der Waals surface area contributed by atoms with E-state index in [1.807, 2.05) is 0 Å². The van der Waals surface area contributed by atoms with E-state index in [0.717, 1.165) is 18.2 Å². The van der Waals surface area contributed by atoms with E-state index in [2.05, 4.69) is 20.7 Å². The Bertz CT molecular complexity index is 347. The van der Waals surface area contributed by atoms with Gasteiger partial charge < -0.3 is 0 Å². The second kappa shape index (κ2) is 5.85. The van der Waals surface area contributed by atoms with Gasteiger partial charge in [-0.1, -0.05) is 22.0 Å². The predicted molar refractivity (Wildman–Crippen MR) is 62.5 cm³/mol. The van der Waals surface area contributed by atoms with Gasteiger partial charge in [-0.2, -0.15) is 0 Å². The zero-order chi connectivity index (χ0) is 10.4. The van der Waals surface area contributed by atoms with Crippen LogP contribution in [-0.4, -0.2) is 20.3 Å². The van der Waals surface area contributed by atoms with Crippen molar-refractivity contribution >= 4 is 37.3 Å². The van der Waals surface area contributed by atoms with Crippen LogP contribution in [-0.2, 0) is 10.0 Å². The highest BCUT2D eigenvalue weighted by Crippen LogP contribution is 2.15. The fourth-order valence-corrected chi connectivity index (χ4v) is 3.42. The summed E-state index contributed by atoms with van der Waals surface area (Å²) in [5, 5.41) is 2.67. The van der Waals surface area contributed by atoms with Crippen molar-refractivity contribution in [3.8, 4) is 0 Å². The molecular formula is C8H12BrNO2S2. The van der Waals surface area contributed by atoms with Gasteiger partial charge in [0.25, 0.3) is 0 Å². The molecule has 0 aliphatic rings. The molecule has 0 unspecified atom stereocenters. The van der Waals surface area contributed by atoms with Crippen molar-refractivity contribution in [3.05, 3.63) is 17.5 Å². The SMILES string of the molecule is O=S(=O)(NCCCCBr)c1cccs1. The van der Waals surface area contributed by atoms with Crippen molar-refractivity contribution < 1.29 is 8.42 Å². The summed E-state index contributed by atoms with van der Waals surface area (Å²) in [5.41, 5.74) is 0. The molecule has 0 aromatic carbocycles. The van der Waals surface area contributed by atoms with Crippen LogP contribution in [0.2, 0.25) is 0 Å². The summed E-state index contributed by atoms with van der Waals surface area (Å²) < 4.78 is 26.0. The van der Waals surface area contributed by atoms with Crippen molar-refractivity contribution in [3.63, 3.8) is 0 Å². The van der Waals surface area contributed by atoms with Gasteiger partial charge in [0.2, 0.25) is 10.0 Å². The Balaban J connectivity index is 2.44. The van der Waals surface area contributed by atoms with Gasteiger partial charge in [-0.25, -0.2) is 13.1 Å². The largest absolute Gasteiger partial charge is 0.250 e. The van der Waals surface area contributed by atoms with Gasteiger partial charge in [0.05, 0.1) is 0 Å². The lowest BCUT2D eigenvalue weighted by Crippen LogP contribution is -2.23. The predicted octanol–water partition coefficient (Wildman–Crippen LogP) is 2.20. The summed E-state index contributed by atoms with van der Waals surface area (Å²) in [6.07, 6.45) is 1.84. The minimum atomic E-state index is -3.24. The minimum absolute atomic E-state index is 0.386. The maximum absolute atomic E-state index is 11.5. The Hall–Kier alpha value is 0.0900.